The molecule has 0 bridgehead atoms. The smallest absolute Gasteiger partial charge is 0.327 e. The summed E-state index contributed by atoms with van der Waals surface area (Å²) in [5.41, 5.74) is 2.02. The van der Waals surface area contributed by atoms with Crippen molar-refractivity contribution in [2.75, 3.05) is 0 Å². The molecule has 2 aliphatic heterocycles. The van der Waals surface area contributed by atoms with Crippen LogP contribution < -0.4 is 5.32 Å². The zero-order valence-corrected chi connectivity index (χ0v) is 18.4. The van der Waals surface area contributed by atoms with Crippen LogP contribution in [0.3, 0.4) is 0 Å². The maximum atomic E-state index is 13.0. The van der Waals surface area contributed by atoms with E-state index in [0.717, 1.165) is 25.7 Å². The van der Waals surface area contributed by atoms with Gasteiger partial charge in [0.25, 0.3) is 5.91 Å². The lowest BCUT2D eigenvalue weighted by Gasteiger charge is -2.43. The first-order valence-corrected chi connectivity index (χ1v) is 11.8. The SMILES string of the molecule is CC1(C)S[C@@H]2[C@H](NC(=O)/C(=N\OC3CCCCC3)c3cscn3)C(=O)N2[C@H]1C(=O)O. The molecule has 1 aliphatic carbocycles. The van der Waals surface area contributed by atoms with Crippen LogP contribution in [-0.4, -0.2) is 66.8 Å². The fraction of sp³-hybridized carbons (Fsp3) is 0.632. The number of aliphatic carboxylic acids is 1. The summed E-state index contributed by atoms with van der Waals surface area (Å²) in [7, 11) is 0. The molecule has 2 amide bonds. The van der Waals surface area contributed by atoms with Crippen LogP contribution in [0.1, 0.15) is 51.6 Å². The lowest BCUT2D eigenvalue weighted by Crippen LogP contribution is -2.71. The minimum Gasteiger partial charge on any atom is -0.480 e. The van der Waals surface area contributed by atoms with Gasteiger partial charge in [0.05, 0.1) is 5.51 Å². The topological polar surface area (TPSA) is 121 Å². The molecule has 0 radical (unpaired) electrons. The number of thiazole rings is 1. The van der Waals surface area contributed by atoms with Gasteiger partial charge in [-0.25, -0.2) is 9.78 Å². The molecular weight excluding hydrogens is 428 g/mol. The first kappa shape index (κ1) is 21.1. The van der Waals surface area contributed by atoms with E-state index < -0.39 is 40.0 Å². The normalized spacial score (nSPS) is 28.6. The summed E-state index contributed by atoms with van der Waals surface area (Å²) in [6.07, 6.45) is 5.10. The number of aromatic nitrogens is 1. The fourth-order valence-electron chi connectivity index (χ4n) is 4.19. The molecule has 0 aromatic carbocycles. The Morgan fingerprint density at radius 3 is 2.70 bits per heavy atom. The van der Waals surface area contributed by atoms with Crippen molar-refractivity contribution in [3.63, 3.8) is 0 Å². The number of thioether (sulfide) groups is 1. The van der Waals surface area contributed by atoms with Crippen LogP contribution in [0.4, 0.5) is 0 Å². The monoisotopic (exact) mass is 452 g/mol. The number of nitrogens with one attached hydrogen (secondary N) is 1. The zero-order valence-electron chi connectivity index (χ0n) is 16.7. The maximum absolute atomic E-state index is 13.0. The number of fused-ring (bicyclic) bond motifs is 1. The Morgan fingerprint density at radius 1 is 1.33 bits per heavy atom. The van der Waals surface area contributed by atoms with Gasteiger partial charge in [-0.15, -0.1) is 23.1 Å². The lowest BCUT2D eigenvalue weighted by molar-refractivity contribution is -0.160. The summed E-state index contributed by atoms with van der Waals surface area (Å²) < 4.78 is -0.651. The van der Waals surface area contributed by atoms with Crippen LogP contribution in [0.25, 0.3) is 0 Å². The van der Waals surface area contributed by atoms with Gasteiger partial charge in [0, 0.05) is 10.1 Å². The van der Waals surface area contributed by atoms with Crippen LogP contribution in [0.2, 0.25) is 0 Å². The van der Waals surface area contributed by atoms with E-state index in [1.165, 1.54) is 34.4 Å². The van der Waals surface area contributed by atoms with Crippen molar-refractivity contribution in [3.05, 3.63) is 16.6 Å². The number of hydrogen-bond donors (Lipinski definition) is 2. The van der Waals surface area contributed by atoms with Gasteiger partial charge in [0.1, 0.15) is 29.3 Å². The van der Waals surface area contributed by atoms with Gasteiger partial charge < -0.3 is 20.2 Å². The molecule has 2 saturated heterocycles. The number of carbonyl (C=O) groups excluding carboxylic acids is 2. The first-order valence-electron chi connectivity index (χ1n) is 9.95. The first-order chi connectivity index (χ1) is 14.3. The van der Waals surface area contributed by atoms with Crippen LogP contribution in [0, 0.1) is 0 Å². The van der Waals surface area contributed by atoms with Crippen LogP contribution in [0.15, 0.2) is 16.0 Å². The van der Waals surface area contributed by atoms with Crippen molar-refractivity contribution in [1.82, 2.24) is 15.2 Å². The Balaban J connectivity index is 1.48. The van der Waals surface area contributed by atoms with Gasteiger partial charge in [0.2, 0.25) is 5.91 Å². The summed E-state index contributed by atoms with van der Waals surface area (Å²) in [5.74, 6) is -1.99. The quantitative estimate of drug-likeness (QED) is 0.384. The third-order valence-corrected chi connectivity index (χ3v) is 7.85. The highest BCUT2D eigenvalue weighted by atomic mass is 32.2. The van der Waals surface area contributed by atoms with Crippen LogP contribution >= 0.6 is 23.1 Å². The van der Waals surface area contributed by atoms with E-state index in [0.29, 0.717) is 5.69 Å². The Labute approximate surface area is 182 Å². The molecule has 3 atom stereocenters. The van der Waals surface area contributed by atoms with Gasteiger partial charge in [0.15, 0.2) is 5.71 Å². The molecule has 9 nitrogen and oxygen atoms in total. The van der Waals surface area contributed by atoms with Gasteiger partial charge in [-0.3, -0.25) is 9.59 Å². The number of carboxylic acids is 1. The Morgan fingerprint density at radius 2 is 2.07 bits per heavy atom. The average molecular weight is 453 g/mol. The summed E-state index contributed by atoms with van der Waals surface area (Å²) in [5, 5.41) is 17.6. The second-order valence-corrected chi connectivity index (χ2v) is 10.7. The predicted molar refractivity (Wildman–Crippen MR) is 112 cm³/mol. The molecule has 4 rings (SSSR count). The number of β-lactam (4-membered cyclic amide) rings is 1. The molecule has 3 heterocycles. The second-order valence-electron chi connectivity index (χ2n) is 8.23. The minimum atomic E-state index is -1.04. The summed E-state index contributed by atoms with van der Waals surface area (Å²) in [6, 6.07) is -1.72. The molecule has 1 aromatic heterocycles. The third-order valence-electron chi connectivity index (χ3n) is 5.70. The molecule has 0 unspecified atom stereocenters. The Kier molecular flexibility index (Phi) is 5.75. The third kappa shape index (κ3) is 3.80. The van der Waals surface area contributed by atoms with Crippen molar-refractivity contribution < 1.29 is 24.3 Å². The highest BCUT2D eigenvalue weighted by Crippen LogP contribution is 2.50. The summed E-state index contributed by atoms with van der Waals surface area (Å²) in [6.45, 7) is 3.59. The van der Waals surface area contributed by atoms with Crippen molar-refractivity contribution >= 4 is 46.6 Å². The van der Waals surface area contributed by atoms with Crippen molar-refractivity contribution in [3.8, 4) is 0 Å². The van der Waals surface area contributed by atoms with E-state index in [1.54, 1.807) is 24.7 Å². The second kappa shape index (κ2) is 8.18. The van der Waals surface area contributed by atoms with Crippen molar-refractivity contribution in [2.24, 2.45) is 5.16 Å². The van der Waals surface area contributed by atoms with Gasteiger partial charge in [-0.05, 0) is 39.5 Å². The molecule has 3 aliphatic rings. The van der Waals surface area contributed by atoms with E-state index in [4.69, 9.17) is 4.84 Å². The number of nitrogens with zero attached hydrogens (tertiary/aromatic N) is 3. The summed E-state index contributed by atoms with van der Waals surface area (Å²) >= 11 is 2.71. The van der Waals surface area contributed by atoms with Crippen LogP contribution in [-0.2, 0) is 19.2 Å². The highest BCUT2D eigenvalue weighted by Gasteiger charge is 2.64. The maximum Gasteiger partial charge on any atom is 0.327 e. The average Bonchev–Trinajstić information content (AvgIpc) is 3.31. The Hall–Kier alpha value is -2.14. The van der Waals surface area contributed by atoms with E-state index >= 15 is 0 Å². The van der Waals surface area contributed by atoms with E-state index in [2.05, 4.69) is 15.5 Å². The minimum absolute atomic E-state index is 0.0245. The molecule has 11 heteroatoms. The van der Waals surface area contributed by atoms with E-state index in [9.17, 15) is 19.5 Å². The molecule has 1 aromatic rings. The van der Waals surface area contributed by atoms with Crippen molar-refractivity contribution in [1.29, 1.82) is 0 Å². The molecule has 162 valence electrons. The molecular formula is C19H24N4O5S2. The largest absolute Gasteiger partial charge is 0.480 e. The number of hydrogen-bond acceptors (Lipinski definition) is 8. The zero-order chi connectivity index (χ0) is 21.5. The predicted octanol–water partition coefficient (Wildman–Crippen LogP) is 1.83. The van der Waals surface area contributed by atoms with Crippen molar-refractivity contribution in [2.45, 2.75) is 74.3 Å². The number of rotatable bonds is 6. The standard InChI is InChI=1S/C19H24N4O5S2/c1-19(2)14(18(26)27)23-16(25)13(17(23)30-19)21-15(24)12(11-8-29-9-20-11)22-28-10-6-4-3-5-7-10/h8-10,13-14,17H,3-7H2,1-2H3,(H,21,24)(H,26,27)/b22-12-/t13-,14+,17-/m1/s1. The van der Waals surface area contributed by atoms with E-state index in [1.807, 2.05) is 0 Å². The molecule has 2 N–H and O–H groups in total. The van der Waals surface area contributed by atoms with Gasteiger partial charge >= 0.3 is 5.97 Å². The highest BCUT2D eigenvalue weighted by molar-refractivity contribution is 8.01. The Bertz CT molecular complexity index is 866. The molecule has 1 saturated carbocycles. The summed E-state index contributed by atoms with van der Waals surface area (Å²) in [4.78, 5) is 48.4. The number of carbonyl (C=O) groups is 3. The van der Waals surface area contributed by atoms with Gasteiger partial charge in [-0.1, -0.05) is 11.6 Å². The lowest BCUT2D eigenvalue weighted by atomic mass is 9.96. The molecule has 30 heavy (non-hydrogen) atoms. The number of oxime groups is 1. The van der Waals surface area contributed by atoms with Gasteiger partial charge in [-0.2, -0.15) is 0 Å². The fourth-order valence-corrected chi connectivity index (χ4v) is 6.35. The number of carboxylic acid groups (broad SMARTS) is 1. The number of amides is 2. The molecule has 0 spiro atoms. The van der Waals surface area contributed by atoms with E-state index in [-0.39, 0.29) is 11.8 Å². The van der Waals surface area contributed by atoms with Crippen LogP contribution in [0.5, 0.6) is 0 Å². The molecule has 3 fully saturated rings.